The third-order valence-corrected chi connectivity index (χ3v) is 8.17. The minimum atomic E-state index is -0.0159. The number of rotatable bonds is 10. The van der Waals surface area contributed by atoms with E-state index in [4.69, 9.17) is 4.98 Å². The number of imidazole rings is 1. The van der Waals surface area contributed by atoms with Crippen LogP contribution in [0.15, 0.2) is 11.6 Å². The number of aromatic nitrogens is 3. The molecule has 3 atom stereocenters. The van der Waals surface area contributed by atoms with Gasteiger partial charge in [0, 0.05) is 55.8 Å². The van der Waals surface area contributed by atoms with Crippen molar-refractivity contribution in [1.82, 2.24) is 29.7 Å². The Morgan fingerprint density at radius 3 is 2.94 bits per heavy atom. The molecule has 33 heavy (non-hydrogen) atoms. The van der Waals surface area contributed by atoms with E-state index in [-0.39, 0.29) is 11.9 Å². The molecule has 4 rings (SSSR count). The zero-order valence-electron chi connectivity index (χ0n) is 20.0. The van der Waals surface area contributed by atoms with Crippen LogP contribution in [0.3, 0.4) is 0 Å². The van der Waals surface area contributed by atoms with Gasteiger partial charge in [-0.3, -0.25) is 9.59 Å². The van der Waals surface area contributed by atoms with Crippen molar-refractivity contribution in [3.05, 3.63) is 33.8 Å². The fourth-order valence-electron chi connectivity index (χ4n) is 5.58. The zero-order valence-corrected chi connectivity index (χ0v) is 20.8. The average Bonchev–Trinajstić information content (AvgIpc) is 3.54. The molecule has 4 heterocycles. The standard InChI is InChI=1S/C24H36N6O2S/c1-4-19(30-17(2)27-22-15-29(18(3)32)12-8-23(22)30)14-20-6-5-10-28(20)11-7-21(26-16-31)24-25-9-13-33-24/h9,13,16,19-21H,4-8,10-12,14-15H2,1-3H3,(H,26,31). The molecule has 0 spiro atoms. The average molecular weight is 473 g/mol. The number of likely N-dealkylation sites (tertiary alicyclic amines) is 1. The molecule has 9 heteroatoms. The van der Waals surface area contributed by atoms with E-state index in [1.54, 1.807) is 24.5 Å². The summed E-state index contributed by atoms with van der Waals surface area (Å²) in [6.07, 6.45) is 8.96. The number of nitrogens with one attached hydrogen (secondary N) is 1. The first-order chi connectivity index (χ1) is 16.0. The smallest absolute Gasteiger partial charge is 0.219 e. The van der Waals surface area contributed by atoms with E-state index in [9.17, 15) is 9.59 Å². The predicted octanol–water partition coefficient (Wildman–Crippen LogP) is 3.24. The van der Waals surface area contributed by atoms with E-state index in [0.29, 0.717) is 18.6 Å². The van der Waals surface area contributed by atoms with Crippen molar-refractivity contribution in [3.8, 4) is 0 Å². The number of hydrogen-bond acceptors (Lipinski definition) is 6. The maximum absolute atomic E-state index is 11.8. The van der Waals surface area contributed by atoms with Crippen molar-refractivity contribution in [2.24, 2.45) is 0 Å². The van der Waals surface area contributed by atoms with Gasteiger partial charge in [-0.25, -0.2) is 9.97 Å². The fraction of sp³-hybridized carbons (Fsp3) is 0.667. The summed E-state index contributed by atoms with van der Waals surface area (Å²) >= 11 is 1.60. The van der Waals surface area contributed by atoms with Crippen LogP contribution in [0, 0.1) is 6.92 Å². The number of nitrogens with zero attached hydrogens (tertiary/aromatic N) is 5. The van der Waals surface area contributed by atoms with Crippen LogP contribution >= 0.6 is 11.3 Å². The molecule has 180 valence electrons. The largest absolute Gasteiger partial charge is 0.349 e. The SMILES string of the molecule is CCC(CC1CCCN1CCC(NC=O)c1nccs1)n1c(C)nc2c1CCN(C(C)=O)C2. The van der Waals surface area contributed by atoms with Crippen LogP contribution in [-0.4, -0.2) is 62.3 Å². The van der Waals surface area contributed by atoms with Crippen molar-refractivity contribution < 1.29 is 9.59 Å². The molecule has 2 aliphatic heterocycles. The molecule has 2 aromatic rings. The number of carbonyl (C=O) groups excluding carboxylic acids is 2. The minimum absolute atomic E-state index is 0.0159. The molecule has 1 fully saturated rings. The highest BCUT2D eigenvalue weighted by Gasteiger charge is 2.31. The molecule has 0 saturated carbocycles. The first kappa shape index (κ1) is 23.9. The highest BCUT2D eigenvalue weighted by Crippen LogP contribution is 2.32. The van der Waals surface area contributed by atoms with Crippen LogP contribution in [0.2, 0.25) is 0 Å². The lowest BCUT2D eigenvalue weighted by Gasteiger charge is -2.32. The summed E-state index contributed by atoms with van der Waals surface area (Å²) in [6.45, 7) is 9.50. The summed E-state index contributed by atoms with van der Waals surface area (Å²) in [6, 6.07) is 0.939. The van der Waals surface area contributed by atoms with Gasteiger partial charge in [-0.1, -0.05) is 6.92 Å². The monoisotopic (exact) mass is 472 g/mol. The van der Waals surface area contributed by atoms with E-state index < -0.39 is 0 Å². The Kier molecular flexibility index (Phi) is 7.80. The van der Waals surface area contributed by atoms with Crippen molar-refractivity contribution in [2.45, 2.75) is 84.0 Å². The molecule has 8 nitrogen and oxygen atoms in total. The number of aryl methyl sites for hydroxylation is 1. The summed E-state index contributed by atoms with van der Waals surface area (Å²) in [5.74, 6) is 1.20. The Labute approximate surface area is 200 Å². The second-order valence-corrected chi connectivity index (χ2v) is 10.2. The Bertz CT molecular complexity index is 943. The lowest BCUT2D eigenvalue weighted by atomic mass is 10.0. The summed E-state index contributed by atoms with van der Waals surface area (Å²) in [7, 11) is 0. The van der Waals surface area contributed by atoms with Gasteiger partial charge in [0.05, 0.1) is 18.3 Å². The second-order valence-electron chi connectivity index (χ2n) is 9.24. The number of amides is 2. The van der Waals surface area contributed by atoms with Gasteiger partial charge in [-0.15, -0.1) is 11.3 Å². The van der Waals surface area contributed by atoms with Crippen molar-refractivity contribution in [1.29, 1.82) is 0 Å². The lowest BCUT2D eigenvalue weighted by molar-refractivity contribution is -0.129. The van der Waals surface area contributed by atoms with Gasteiger partial charge >= 0.3 is 0 Å². The molecule has 0 aromatic carbocycles. The minimum Gasteiger partial charge on any atom is -0.349 e. The topological polar surface area (TPSA) is 83.4 Å². The Balaban J connectivity index is 1.43. The summed E-state index contributed by atoms with van der Waals surface area (Å²) in [5, 5.41) is 5.89. The van der Waals surface area contributed by atoms with Gasteiger partial charge in [-0.2, -0.15) is 0 Å². The molecule has 0 bridgehead atoms. The number of thiazole rings is 1. The zero-order chi connectivity index (χ0) is 23.4. The Hall–Kier alpha value is -2.26. The third kappa shape index (κ3) is 5.30. The molecule has 2 aromatic heterocycles. The van der Waals surface area contributed by atoms with E-state index in [1.165, 1.54) is 18.5 Å². The third-order valence-electron chi connectivity index (χ3n) is 7.28. The highest BCUT2D eigenvalue weighted by molar-refractivity contribution is 7.09. The van der Waals surface area contributed by atoms with Gasteiger partial charge < -0.3 is 19.7 Å². The highest BCUT2D eigenvalue weighted by atomic mass is 32.1. The van der Waals surface area contributed by atoms with Crippen LogP contribution < -0.4 is 5.32 Å². The molecular weight excluding hydrogens is 436 g/mol. The lowest BCUT2D eigenvalue weighted by Crippen LogP contribution is -2.36. The predicted molar refractivity (Wildman–Crippen MR) is 129 cm³/mol. The van der Waals surface area contributed by atoms with E-state index in [2.05, 4.69) is 33.6 Å². The van der Waals surface area contributed by atoms with Gasteiger partial charge in [0.2, 0.25) is 12.3 Å². The van der Waals surface area contributed by atoms with Gasteiger partial charge in [0.25, 0.3) is 0 Å². The van der Waals surface area contributed by atoms with Crippen molar-refractivity contribution >= 4 is 23.7 Å². The van der Waals surface area contributed by atoms with Crippen LogP contribution in [-0.2, 0) is 22.6 Å². The van der Waals surface area contributed by atoms with Crippen LogP contribution in [0.4, 0.5) is 0 Å². The maximum atomic E-state index is 11.8. The van der Waals surface area contributed by atoms with E-state index >= 15 is 0 Å². The van der Waals surface area contributed by atoms with E-state index in [0.717, 1.165) is 68.3 Å². The van der Waals surface area contributed by atoms with E-state index in [1.807, 2.05) is 10.3 Å². The van der Waals surface area contributed by atoms with Crippen LogP contribution in [0.25, 0.3) is 0 Å². The summed E-state index contributed by atoms with van der Waals surface area (Å²) < 4.78 is 2.47. The molecule has 2 amide bonds. The molecule has 1 N–H and O–H groups in total. The molecule has 1 saturated heterocycles. The Morgan fingerprint density at radius 2 is 2.24 bits per heavy atom. The molecule has 0 aliphatic carbocycles. The number of fused-ring (bicyclic) bond motifs is 1. The number of carbonyl (C=O) groups is 2. The van der Waals surface area contributed by atoms with Crippen LogP contribution in [0.5, 0.6) is 0 Å². The second kappa shape index (κ2) is 10.8. The summed E-state index contributed by atoms with van der Waals surface area (Å²) in [5.41, 5.74) is 2.39. The fourth-order valence-corrected chi connectivity index (χ4v) is 6.31. The first-order valence-corrected chi connectivity index (χ1v) is 13.0. The van der Waals surface area contributed by atoms with Gasteiger partial charge in [-0.05, 0) is 45.6 Å². The quantitative estimate of drug-likeness (QED) is 0.537. The molecule has 0 radical (unpaired) electrons. The van der Waals surface area contributed by atoms with Crippen LogP contribution in [0.1, 0.15) is 80.3 Å². The van der Waals surface area contributed by atoms with Gasteiger partial charge in [0.15, 0.2) is 0 Å². The first-order valence-electron chi connectivity index (χ1n) is 12.2. The molecule has 2 aliphatic rings. The van der Waals surface area contributed by atoms with Gasteiger partial charge in [0.1, 0.15) is 10.8 Å². The molecular formula is C24H36N6O2S. The van der Waals surface area contributed by atoms with Crippen molar-refractivity contribution in [2.75, 3.05) is 19.6 Å². The maximum Gasteiger partial charge on any atom is 0.219 e. The Morgan fingerprint density at radius 1 is 1.39 bits per heavy atom. The summed E-state index contributed by atoms with van der Waals surface area (Å²) in [4.78, 5) is 36.7. The normalized spacial score (nSPS) is 20.5. The number of hydrogen-bond donors (Lipinski definition) is 1. The molecule has 3 unspecified atom stereocenters. The van der Waals surface area contributed by atoms with Crippen molar-refractivity contribution in [3.63, 3.8) is 0 Å².